The molecule has 0 aromatic heterocycles. The number of likely N-dealkylation sites (tertiary alicyclic amines) is 1. The molecule has 1 aromatic carbocycles. The second kappa shape index (κ2) is 7.05. The summed E-state index contributed by atoms with van der Waals surface area (Å²) in [5.41, 5.74) is 1.36. The van der Waals surface area contributed by atoms with Crippen molar-refractivity contribution in [1.82, 2.24) is 15.5 Å². The molecule has 2 fully saturated rings. The smallest absolute Gasteiger partial charge is 0.224 e. The van der Waals surface area contributed by atoms with Crippen LogP contribution < -0.4 is 10.6 Å². The molecular weight excluding hydrogens is 262 g/mol. The van der Waals surface area contributed by atoms with Gasteiger partial charge in [-0.05, 0) is 37.9 Å². The predicted molar refractivity (Wildman–Crippen MR) is 83.9 cm³/mol. The fraction of sp³-hybridized carbons (Fsp3) is 0.588. The molecule has 2 saturated heterocycles. The Morgan fingerprint density at radius 3 is 2.90 bits per heavy atom. The lowest BCUT2D eigenvalue weighted by atomic mass is 10.1. The first-order chi connectivity index (χ1) is 10.3. The van der Waals surface area contributed by atoms with Crippen LogP contribution in [0.4, 0.5) is 0 Å². The quantitative estimate of drug-likeness (QED) is 0.860. The van der Waals surface area contributed by atoms with E-state index in [9.17, 15) is 4.79 Å². The van der Waals surface area contributed by atoms with Crippen molar-refractivity contribution in [3.8, 4) is 0 Å². The van der Waals surface area contributed by atoms with Crippen molar-refractivity contribution < 1.29 is 4.79 Å². The number of nitrogens with one attached hydrogen (secondary N) is 2. The first-order valence-corrected chi connectivity index (χ1v) is 8.09. The summed E-state index contributed by atoms with van der Waals surface area (Å²) in [7, 11) is 0. The number of hydrogen-bond donors (Lipinski definition) is 2. The maximum absolute atomic E-state index is 12.1. The minimum absolute atomic E-state index is 0.175. The molecule has 0 bridgehead atoms. The molecule has 21 heavy (non-hydrogen) atoms. The molecule has 1 aromatic rings. The Morgan fingerprint density at radius 2 is 2.14 bits per heavy atom. The third kappa shape index (κ3) is 3.83. The van der Waals surface area contributed by atoms with Crippen LogP contribution in [0.15, 0.2) is 30.3 Å². The zero-order valence-electron chi connectivity index (χ0n) is 12.6. The van der Waals surface area contributed by atoms with Crippen LogP contribution in [-0.4, -0.2) is 43.0 Å². The van der Waals surface area contributed by atoms with Crippen molar-refractivity contribution in [3.63, 3.8) is 0 Å². The molecule has 2 aliphatic heterocycles. The summed E-state index contributed by atoms with van der Waals surface area (Å²) < 4.78 is 0. The van der Waals surface area contributed by atoms with Gasteiger partial charge in [0.05, 0.1) is 5.92 Å². The SMILES string of the molecule is O=C(NCC1CCCN1Cc1ccccc1)C1CCNC1. The highest BCUT2D eigenvalue weighted by molar-refractivity contribution is 5.79. The number of amides is 1. The average molecular weight is 287 g/mol. The van der Waals surface area contributed by atoms with Gasteiger partial charge >= 0.3 is 0 Å². The Hall–Kier alpha value is -1.39. The summed E-state index contributed by atoms with van der Waals surface area (Å²) in [6, 6.07) is 11.1. The molecule has 2 atom stereocenters. The molecule has 0 spiro atoms. The lowest BCUT2D eigenvalue weighted by Gasteiger charge is -2.25. The molecule has 114 valence electrons. The van der Waals surface area contributed by atoms with Crippen molar-refractivity contribution in [3.05, 3.63) is 35.9 Å². The summed E-state index contributed by atoms with van der Waals surface area (Å²) >= 11 is 0. The second-order valence-corrected chi connectivity index (χ2v) is 6.19. The molecule has 2 unspecified atom stereocenters. The fourth-order valence-corrected chi connectivity index (χ4v) is 3.39. The second-order valence-electron chi connectivity index (χ2n) is 6.19. The molecule has 0 aliphatic carbocycles. The van der Waals surface area contributed by atoms with Crippen LogP contribution in [0, 0.1) is 5.92 Å². The van der Waals surface area contributed by atoms with E-state index in [2.05, 4.69) is 45.9 Å². The van der Waals surface area contributed by atoms with Crippen LogP contribution in [0.1, 0.15) is 24.8 Å². The molecule has 2 aliphatic rings. The molecule has 0 radical (unpaired) electrons. The van der Waals surface area contributed by atoms with E-state index in [1.165, 1.54) is 18.4 Å². The van der Waals surface area contributed by atoms with Gasteiger partial charge in [-0.3, -0.25) is 9.69 Å². The van der Waals surface area contributed by atoms with Gasteiger partial charge in [-0.1, -0.05) is 30.3 Å². The van der Waals surface area contributed by atoms with E-state index in [0.29, 0.717) is 6.04 Å². The van der Waals surface area contributed by atoms with Crippen molar-refractivity contribution in [2.24, 2.45) is 5.92 Å². The third-order valence-electron chi connectivity index (χ3n) is 4.67. The minimum Gasteiger partial charge on any atom is -0.354 e. The van der Waals surface area contributed by atoms with Gasteiger partial charge in [0, 0.05) is 25.7 Å². The Kier molecular flexibility index (Phi) is 4.88. The predicted octanol–water partition coefficient (Wildman–Crippen LogP) is 1.38. The highest BCUT2D eigenvalue weighted by Gasteiger charge is 2.27. The van der Waals surface area contributed by atoms with E-state index in [-0.39, 0.29) is 11.8 Å². The van der Waals surface area contributed by atoms with Gasteiger partial charge in [-0.2, -0.15) is 0 Å². The Morgan fingerprint density at radius 1 is 1.29 bits per heavy atom. The largest absolute Gasteiger partial charge is 0.354 e. The van der Waals surface area contributed by atoms with Crippen LogP contribution in [0.3, 0.4) is 0 Å². The highest BCUT2D eigenvalue weighted by Crippen LogP contribution is 2.19. The van der Waals surface area contributed by atoms with Crippen LogP contribution in [0.2, 0.25) is 0 Å². The standard InChI is InChI=1S/C17H25N3O/c21-17(15-8-9-18-11-15)19-12-16-7-4-10-20(16)13-14-5-2-1-3-6-14/h1-3,5-6,15-16,18H,4,7-13H2,(H,19,21). The zero-order valence-corrected chi connectivity index (χ0v) is 12.6. The van der Waals surface area contributed by atoms with Gasteiger partial charge in [0.25, 0.3) is 0 Å². The topological polar surface area (TPSA) is 44.4 Å². The summed E-state index contributed by atoms with van der Waals surface area (Å²) in [6.07, 6.45) is 3.40. The fourth-order valence-electron chi connectivity index (χ4n) is 3.39. The Labute approximate surface area is 126 Å². The molecule has 0 saturated carbocycles. The number of rotatable bonds is 5. The normalized spacial score (nSPS) is 26.1. The Bertz CT molecular complexity index is 456. The summed E-state index contributed by atoms with van der Waals surface area (Å²) in [4.78, 5) is 14.6. The van der Waals surface area contributed by atoms with Crippen LogP contribution in [-0.2, 0) is 11.3 Å². The maximum atomic E-state index is 12.1. The van der Waals surface area contributed by atoms with Gasteiger partial charge in [-0.25, -0.2) is 0 Å². The molecule has 3 rings (SSSR count). The van der Waals surface area contributed by atoms with Crippen molar-refractivity contribution in [1.29, 1.82) is 0 Å². The molecule has 1 amide bonds. The molecule has 4 nitrogen and oxygen atoms in total. The van der Waals surface area contributed by atoms with Gasteiger partial charge < -0.3 is 10.6 Å². The van der Waals surface area contributed by atoms with Gasteiger partial charge in [0.15, 0.2) is 0 Å². The lowest BCUT2D eigenvalue weighted by molar-refractivity contribution is -0.124. The Balaban J connectivity index is 1.49. The van der Waals surface area contributed by atoms with Crippen LogP contribution in [0.5, 0.6) is 0 Å². The monoisotopic (exact) mass is 287 g/mol. The average Bonchev–Trinajstić information content (AvgIpc) is 3.18. The van der Waals surface area contributed by atoms with Gasteiger partial charge in [0.1, 0.15) is 0 Å². The number of nitrogens with zero attached hydrogens (tertiary/aromatic N) is 1. The molecule has 2 heterocycles. The van der Waals surface area contributed by atoms with Crippen molar-refractivity contribution in [2.45, 2.75) is 31.8 Å². The zero-order chi connectivity index (χ0) is 14.5. The number of carbonyl (C=O) groups is 1. The minimum atomic E-state index is 0.175. The number of benzene rings is 1. The summed E-state index contributed by atoms with van der Waals surface area (Å²) in [5.74, 6) is 0.403. The molecular formula is C17H25N3O. The van der Waals surface area contributed by atoms with E-state index in [1.807, 2.05) is 0 Å². The lowest BCUT2D eigenvalue weighted by Crippen LogP contribution is -2.42. The van der Waals surface area contributed by atoms with Crippen molar-refractivity contribution in [2.75, 3.05) is 26.2 Å². The number of carbonyl (C=O) groups excluding carboxylic acids is 1. The maximum Gasteiger partial charge on any atom is 0.224 e. The molecule has 2 N–H and O–H groups in total. The summed E-state index contributed by atoms with van der Waals surface area (Å²) in [6.45, 7) is 4.74. The number of hydrogen-bond acceptors (Lipinski definition) is 3. The van der Waals surface area contributed by atoms with Crippen molar-refractivity contribution >= 4 is 5.91 Å². The van der Waals surface area contributed by atoms with Gasteiger partial charge in [0.2, 0.25) is 5.91 Å². The van der Waals surface area contributed by atoms with E-state index in [1.54, 1.807) is 0 Å². The first kappa shape index (κ1) is 14.5. The first-order valence-electron chi connectivity index (χ1n) is 8.09. The van der Waals surface area contributed by atoms with Crippen LogP contribution in [0.25, 0.3) is 0 Å². The van der Waals surface area contributed by atoms with E-state index in [0.717, 1.165) is 39.1 Å². The summed E-state index contributed by atoms with van der Waals surface area (Å²) in [5, 5.41) is 6.41. The van der Waals surface area contributed by atoms with E-state index in [4.69, 9.17) is 0 Å². The van der Waals surface area contributed by atoms with E-state index < -0.39 is 0 Å². The highest BCUT2D eigenvalue weighted by atomic mass is 16.1. The van der Waals surface area contributed by atoms with E-state index >= 15 is 0 Å². The van der Waals surface area contributed by atoms with Crippen LogP contribution >= 0.6 is 0 Å². The molecule has 4 heteroatoms. The van der Waals surface area contributed by atoms with Gasteiger partial charge in [-0.15, -0.1) is 0 Å². The third-order valence-corrected chi connectivity index (χ3v) is 4.67.